The highest BCUT2D eigenvalue weighted by Gasteiger charge is 2.43. The van der Waals surface area contributed by atoms with Crippen LogP contribution in [0.25, 0.3) is 59.3 Å². The Morgan fingerprint density at radius 1 is 0.769 bits per heavy atom. The number of nitrogens with zero attached hydrogens (tertiary/aromatic N) is 1. The molecule has 2 aromatic heterocycles. The van der Waals surface area contributed by atoms with Crippen molar-refractivity contribution in [3.8, 4) is 0 Å². The lowest BCUT2D eigenvalue weighted by atomic mass is 9.86. The first-order valence-corrected chi connectivity index (χ1v) is 22.6. The van der Waals surface area contributed by atoms with Crippen molar-refractivity contribution in [2.75, 3.05) is 4.90 Å². The van der Waals surface area contributed by atoms with Crippen LogP contribution in [0.4, 0.5) is 5.69 Å². The lowest BCUT2D eigenvalue weighted by Crippen LogP contribution is -2.44. The summed E-state index contributed by atoms with van der Waals surface area (Å²) >= 11 is 1.91. The Hall–Kier alpha value is -5.16. The van der Waals surface area contributed by atoms with E-state index < -0.39 is 8.07 Å². The van der Waals surface area contributed by atoms with E-state index in [1.54, 1.807) is 5.20 Å². The zero-order chi connectivity index (χ0) is 34.6. The summed E-state index contributed by atoms with van der Waals surface area (Å²) in [5.41, 5.74) is 13.2. The van der Waals surface area contributed by atoms with E-state index in [9.17, 15) is 0 Å². The molecule has 3 aliphatic carbocycles. The summed E-state index contributed by atoms with van der Waals surface area (Å²) in [6.07, 6.45) is 19.9. The van der Waals surface area contributed by atoms with Crippen molar-refractivity contribution in [3.63, 3.8) is 0 Å². The predicted molar refractivity (Wildman–Crippen MR) is 226 cm³/mol. The molecule has 0 saturated heterocycles. The maximum Gasteiger partial charge on any atom is 0.143 e. The van der Waals surface area contributed by atoms with Gasteiger partial charge >= 0.3 is 0 Å². The Labute approximate surface area is 309 Å². The van der Waals surface area contributed by atoms with Gasteiger partial charge in [0.05, 0.1) is 11.7 Å². The third-order valence-electron chi connectivity index (χ3n) is 12.2. The lowest BCUT2D eigenvalue weighted by molar-refractivity contribution is 0.668. The van der Waals surface area contributed by atoms with E-state index in [-0.39, 0.29) is 6.04 Å². The highest BCUT2D eigenvalue weighted by molar-refractivity contribution is 7.26. The lowest BCUT2D eigenvalue weighted by Gasteiger charge is -2.39. The van der Waals surface area contributed by atoms with Crippen LogP contribution in [0.1, 0.15) is 47.9 Å². The first kappa shape index (κ1) is 30.5. The van der Waals surface area contributed by atoms with Crippen LogP contribution >= 0.6 is 11.3 Å². The molecule has 1 aliphatic heterocycles. The fourth-order valence-corrected chi connectivity index (χ4v) is 14.2. The molecule has 3 heterocycles. The van der Waals surface area contributed by atoms with Crippen LogP contribution in [-0.4, -0.2) is 14.1 Å². The number of para-hydroxylation sites is 1. The molecule has 0 fully saturated rings. The average molecular weight is 706 g/mol. The fourth-order valence-electron chi connectivity index (χ4n) is 9.75. The van der Waals surface area contributed by atoms with Crippen molar-refractivity contribution >= 4 is 89.6 Å². The zero-order valence-electron chi connectivity index (χ0n) is 29.6. The molecule has 4 heteroatoms. The Morgan fingerprint density at radius 2 is 1.62 bits per heavy atom. The third kappa shape index (κ3) is 4.41. The van der Waals surface area contributed by atoms with E-state index in [1.807, 2.05) is 11.3 Å². The van der Waals surface area contributed by atoms with Gasteiger partial charge in [0.1, 0.15) is 19.2 Å². The van der Waals surface area contributed by atoms with Crippen molar-refractivity contribution in [2.45, 2.75) is 51.2 Å². The standard InChI is InChI=1S/C48H39NOSSi/c1-52(2)44-27-26-37-36-17-5-7-21-41(36)50-48(37)47(44)39-25-24-33(29-45(39)52)49(40-20-11-23-43-46(40)38-18-6-8-22-42(38)51-43)32-15-9-14-31(28-32)35-19-10-13-30-12-3-4-16-34(30)35/h3,5-8,10-14,17-28,33H,4,9,15-16,29H2,1-2H3. The van der Waals surface area contributed by atoms with Gasteiger partial charge in [-0.1, -0.05) is 121 Å². The topological polar surface area (TPSA) is 16.4 Å². The van der Waals surface area contributed by atoms with Crippen LogP contribution in [0.3, 0.4) is 0 Å². The van der Waals surface area contributed by atoms with Crippen molar-refractivity contribution < 1.29 is 4.42 Å². The quantitative estimate of drug-likeness (QED) is 0.170. The molecule has 0 N–H and O–H groups in total. The van der Waals surface area contributed by atoms with E-state index >= 15 is 0 Å². The Morgan fingerprint density at radius 3 is 2.56 bits per heavy atom. The molecule has 0 bridgehead atoms. The maximum atomic E-state index is 6.68. The number of hydrogen-bond donors (Lipinski definition) is 0. The normalized spacial score (nSPS) is 18.9. The monoisotopic (exact) mass is 705 g/mol. The van der Waals surface area contributed by atoms with Gasteiger partial charge < -0.3 is 9.32 Å². The third-order valence-corrected chi connectivity index (χ3v) is 17.1. The summed E-state index contributed by atoms with van der Waals surface area (Å²) in [5.74, 6) is 0. The molecule has 0 amide bonds. The van der Waals surface area contributed by atoms with Crippen LogP contribution in [0.15, 0.2) is 143 Å². The van der Waals surface area contributed by atoms with Gasteiger partial charge in [-0.3, -0.25) is 0 Å². The van der Waals surface area contributed by atoms with Gasteiger partial charge in [-0.2, -0.15) is 0 Å². The fraction of sp³-hybridized carbons (Fsp3) is 0.167. The van der Waals surface area contributed by atoms with E-state index in [4.69, 9.17) is 4.42 Å². The highest BCUT2D eigenvalue weighted by atomic mass is 32.1. The summed E-state index contributed by atoms with van der Waals surface area (Å²) < 4.78 is 9.38. The molecule has 11 rings (SSSR count). The SMILES string of the molecule is C[Si]1(C)C2=C(C=CC(N(C3=CC(c4cccc5c4CCC=C5)=CCC3)c3cccc4sc5ccccc5c34)C2)c2c1ccc1c2oc2ccccc21. The van der Waals surface area contributed by atoms with E-state index in [0.717, 1.165) is 43.3 Å². The number of rotatable bonds is 4. The summed E-state index contributed by atoms with van der Waals surface area (Å²) in [7, 11) is -1.99. The molecule has 2 nitrogen and oxygen atoms in total. The molecule has 4 aliphatic rings. The second kappa shape index (κ2) is 11.4. The summed E-state index contributed by atoms with van der Waals surface area (Å²) in [4.78, 5) is 2.74. The van der Waals surface area contributed by atoms with Gasteiger partial charge in [-0.05, 0) is 95.5 Å². The Bertz CT molecular complexity index is 2820. The van der Waals surface area contributed by atoms with Crippen molar-refractivity contribution in [1.82, 2.24) is 0 Å². The van der Waals surface area contributed by atoms with Gasteiger partial charge in [0.2, 0.25) is 0 Å². The van der Waals surface area contributed by atoms with E-state index in [2.05, 4.69) is 152 Å². The zero-order valence-corrected chi connectivity index (χ0v) is 31.4. The van der Waals surface area contributed by atoms with Crippen LogP contribution in [0, 0.1) is 0 Å². The first-order valence-electron chi connectivity index (χ1n) is 18.8. The van der Waals surface area contributed by atoms with Crippen molar-refractivity contribution in [1.29, 1.82) is 0 Å². The molecule has 0 radical (unpaired) electrons. The Balaban J connectivity index is 1.08. The molecular weight excluding hydrogens is 667 g/mol. The Kier molecular flexibility index (Phi) is 6.69. The molecule has 0 saturated carbocycles. The van der Waals surface area contributed by atoms with E-state index in [1.165, 1.54) is 80.9 Å². The second-order valence-corrected chi connectivity index (χ2v) is 20.9. The number of thiophene rings is 1. The van der Waals surface area contributed by atoms with Crippen LogP contribution < -0.4 is 10.1 Å². The number of furan rings is 1. The summed E-state index contributed by atoms with van der Waals surface area (Å²) in [5, 5.41) is 8.33. The smallest absolute Gasteiger partial charge is 0.143 e. The minimum Gasteiger partial charge on any atom is -0.455 e. The van der Waals surface area contributed by atoms with E-state index in [0.29, 0.717) is 0 Å². The molecule has 7 aromatic rings. The van der Waals surface area contributed by atoms with Crippen molar-refractivity contribution in [2.24, 2.45) is 0 Å². The number of anilines is 1. The first-order chi connectivity index (χ1) is 25.5. The van der Waals surface area contributed by atoms with Gasteiger partial charge in [-0.25, -0.2) is 0 Å². The minimum atomic E-state index is -1.99. The van der Waals surface area contributed by atoms with Gasteiger partial charge in [0.25, 0.3) is 0 Å². The molecule has 5 aromatic carbocycles. The van der Waals surface area contributed by atoms with Crippen molar-refractivity contribution in [3.05, 3.63) is 161 Å². The van der Waals surface area contributed by atoms with Crippen LogP contribution in [-0.2, 0) is 6.42 Å². The van der Waals surface area contributed by atoms with Gasteiger partial charge in [-0.15, -0.1) is 11.3 Å². The molecule has 252 valence electrons. The molecule has 1 unspecified atom stereocenters. The second-order valence-electron chi connectivity index (χ2n) is 15.4. The number of allylic oxidation sites excluding steroid dienone is 7. The maximum absolute atomic E-state index is 6.68. The number of benzene rings is 5. The number of hydrogen-bond acceptors (Lipinski definition) is 3. The molecular formula is C48H39NOSSi. The summed E-state index contributed by atoms with van der Waals surface area (Å²) in [6, 6.07) is 36.3. The number of fused-ring (bicyclic) bond motifs is 10. The molecule has 52 heavy (non-hydrogen) atoms. The average Bonchev–Trinajstić information content (AvgIpc) is 3.83. The van der Waals surface area contributed by atoms with Gasteiger partial charge in [0, 0.05) is 42.2 Å². The minimum absolute atomic E-state index is 0.202. The summed E-state index contributed by atoms with van der Waals surface area (Å²) in [6.45, 7) is 5.12. The van der Waals surface area contributed by atoms with Gasteiger partial charge in [0.15, 0.2) is 0 Å². The molecule has 0 spiro atoms. The highest BCUT2D eigenvalue weighted by Crippen LogP contribution is 2.48. The predicted octanol–water partition coefficient (Wildman–Crippen LogP) is 12.7. The van der Waals surface area contributed by atoms with Crippen LogP contribution in [0.5, 0.6) is 0 Å². The molecule has 1 atom stereocenters. The van der Waals surface area contributed by atoms with Crippen LogP contribution in [0.2, 0.25) is 13.1 Å². The largest absolute Gasteiger partial charge is 0.455 e.